The molecule has 1 saturated heterocycles. The maximum atomic E-state index is 12.3. The topological polar surface area (TPSA) is 55.6 Å². The number of thiophene rings is 1. The van der Waals surface area contributed by atoms with E-state index in [1.54, 1.807) is 16.2 Å². The summed E-state index contributed by atoms with van der Waals surface area (Å²) in [6.07, 6.45) is 1.22. The minimum atomic E-state index is -0.732. The number of carbonyl (C=O) groups excluding carboxylic acids is 1. The van der Waals surface area contributed by atoms with E-state index in [0.29, 0.717) is 32.6 Å². The van der Waals surface area contributed by atoms with E-state index >= 15 is 0 Å². The molecule has 0 spiro atoms. The van der Waals surface area contributed by atoms with Crippen molar-refractivity contribution in [2.24, 2.45) is 5.73 Å². The average molecular weight is 291 g/mol. The summed E-state index contributed by atoms with van der Waals surface area (Å²) >= 11 is 1.65. The smallest absolute Gasteiger partial charge is 0.242 e. The van der Waals surface area contributed by atoms with Gasteiger partial charge in [0, 0.05) is 25.1 Å². The zero-order chi connectivity index (χ0) is 12.3. The molecular formula is C12H19ClN2O2S. The summed E-state index contributed by atoms with van der Waals surface area (Å²) in [4.78, 5) is 15.2. The SMILES string of the molecule is CN(Cc1cccs1)C(=O)C1(N)CCOCC1.Cl. The lowest BCUT2D eigenvalue weighted by Crippen LogP contribution is -2.57. The maximum Gasteiger partial charge on any atom is 0.242 e. The number of nitrogens with zero attached hydrogens (tertiary/aromatic N) is 1. The lowest BCUT2D eigenvalue weighted by Gasteiger charge is -2.35. The van der Waals surface area contributed by atoms with Gasteiger partial charge >= 0.3 is 0 Å². The Bertz CT molecular complexity index is 377. The molecule has 0 aliphatic carbocycles. The van der Waals surface area contributed by atoms with E-state index in [2.05, 4.69) is 0 Å². The molecule has 1 amide bonds. The van der Waals surface area contributed by atoms with Crippen LogP contribution < -0.4 is 5.73 Å². The van der Waals surface area contributed by atoms with Crippen LogP contribution in [0.15, 0.2) is 17.5 Å². The first kappa shape index (κ1) is 15.4. The standard InChI is InChI=1S/C12H18N2O2S.ClH/c1-14(9-10-3-2-8-17-10)11(15)12(13)4-6-16-7-5-12;/h2-3,8H,4-7,9,13H2,1H3;1H. The molecule has 0 atom stereocenters. The number of hydrogen-bond donors (Lipinski definition) is 1. The fourth-order valence-corrected chi connectivity index (χ4v) is 2.79. The highest BCUT2D eigenvalue weighted by Gasteiger charge is 2.37. The Kier molecular flexibility index (Phi) is 5.59. The second-order valence-electron chi connectivity index (χ2n) is 4.51. The Morgan fingerprint density at radius 2 is 2.22 bits per heavy atom. The third kappa shape index (κ3) is 3.45. The van der Waals surface area contributed by atoms with Gasteiger partial charge in [-0.3, -0.25) is 4.79 Å². The Morgan fingerprint density at radius 1 is 1.56 bits per heavy atom. The van der Waals surface area contributed by atoms with E-state index in [1.165, 1.54) is 4.88 Å². The summed E-state index contributed by atoms with van der Waals surface area (Å²) in [5.74, 6) is 0.0224. The van der Waals surface area contributed by atoms with Gasteiger partial charge in [0.15, 0.2) is 0 Å². The fraction of sp³-hybridized carbons (Fsp3) is 0.583. The third-order valence-electron chi connectivity index (χ3n) is 3.13. The Morgan fingerprint density at radius 3 is 2.78 bits per heavy atom. The number of nitrogens with two attached hydrogens (primary N) is 1. The van der Waals surface area contributed by atoms with Gasteiger partial charge in [-0.15, -0.1) is 23.7 Å². The van der Waals surface area contributed by atoms with Crippen molar-refractivity contribution in [3.63, 3.8) is 0 Å². The Labute approximate surface area is 118 Å². The molecule has 1 aromatic heterocycles. The van der Waals surface area contributed by atoms with Gasteiger partial charge in [0.05, 0.1) is 12.1 Å². The van der Waals surface area contributed by atoms with Gasteiger partial charge in [0.2, 0.25) is 5.91 Å². The number of carbonyl (C=O) groups is 1. The van der Waals surface area contributed by atoms with Crippen molar-refractivity contribution < 1.29 is 9.53 Å². The highest BCUT2D eigenvalue weighted by Crippen LogP contribution is 2.21. The molecule has 1 fully saturated rings. The summed E-state index contributed by atoms with van der Waals surface area (Å²) in [6.45, 7) is 1.79. The lowest BCUT2D eigenvalue weighted by atomic mass is 9.90. The molecule has 1 aliphatic rings. The third-order valence-corrected chi connectivity index (χ3v) is 3.99. The molecule has 0 saturated carbocycles. The molecule has 0 unspecified atom stereocenters. The summed E-state index contributed by atoms with van der Waals surface area (Å²) in [5.41, 5.74) is 5.43. The highest BCUT2D eigenvalue weighted by atomic mass is 35.5. The minimum absolute atomic E-state index is 0. The van der Waals surface area contributed by atoms with Crippen LogP contribution in [0.25, 0.3) is 0 Å². The molecule has 18 heavy (non-hydrogen) atoms. The van der Waals surface area contributed by atoms with E-state index in [4.69, 9.17) is 10.5 Å². The van der Waals surface area contributed by atoms with Crippen LogP contribution in [0.2, 0.25) is 0 Å². The van der Waals surface area contributed by atoms with E-state index < -0.39 is 5.54 Å². The van der Waals surface area contributed by atoms with E-state index in [9.17, 15) is 4.79 Å². The summed E-state index contributed by atoms with van der Waals surface area (Å²) < 4.78 is 5.25. The first-order chi connectivity index (χ1) is 8.12. The monoisotopic (exact) mass is 290 g/mol. The van der Waals surface area contributed by atoms with Gasteiger partial charge < -0.3 is 15.4 Å². The highest BCUT2D eigenvalue weighted by molar-refractivity contribution is 7.09. The number of rotatable bonds is 3. The molecule has 6 heteroatoms. The van der Waals surface area contributed by atoms with E-state index in [-0.39, 0.29) is 18.3 Å². The van der Waals surface area contributed by atoms with Crippen LogP contribution in [0, 0.1) is 0 Å². The van der Waals surface area contributed by atoms with Crippen molar-refractivity contribution in [2.45, 2.75) is 24.9 Å². The van der Waals surface area contributed by atoms with Crippen LogP contribution in [0.1, 0.15) is 17.7 Å². The predicted molar refractivity (Wildman–Crippen MR) is 75.0 cm³/mol. The van der Waals surface area contributed by atoms with Gasteiger partial charge in [0.25, 0.3) is 0 Å². The molecule has 102 valence electrons. The van der Waals surface area contributed by atoms with Crippen LogP contribution in [0.5, 0.6) is 0 Å². The molecule has 2 N–H and O–H groups in total. The van der Waals surface area contributed by atoms with Crippen molar-refractivity contribution in [1.82, 2.24) is 4.90 Å². The molecule has 0 aromatic carbocycles. The Balaban J connectivity index is 0.00000162. The van der Waals surface area contributed by atoms with Gasteiger partial charge in [-0.1, -0.05) is 6.07 Å². The van der Waals surface area contributed by atoms with Crippen LogP contribution in [-0.4, -0.2) is 36.6 Å². The maximum absolute atomic E-state index is 12.3. The number of ether oxygens (including phenoxy) is 1. The van der Waals surface area contributed by atoms with Crippen LogP contribution in [-0.2, 0) is 16.1 Å². The molecule has 4 nitrogen and oxygen atoms in total. The molecule has 0 radical (unpaired) electrons. The number of hydrogen-bond acceptors (Lipinski definition) is 4. The summed E-state index contributed by atoms with van der Waals surface area (Å²) in [6, 6.07) is 4.02. The molecule has 1 aromatic rings. The quantitative estimate of drug-likeness (QED) is 0.921. The second kappa shape index (κ2) is 6.52. The number of halogens is 1. The van der Waals surface area contributed by atoms with Gasteiger partial charge in [-0.25, -0.2) is 0 Å². The molecule has 1 aliphatic heterocycles. The van der Waals surface area contributed by atoms with Gasteiger partial charge in [-0.05, 0) is 24.3 Å². The van der Waals surface area contributed by atoms with Crippen molar-refractivity contribution in [3.8, 4) is 0 Å². The van der Waals surface area contributed by atoms with Crippen LogP contribution in [0.4, 0.5) is 0 Å². The normalized spacial score (nSPS) is 17.9. The fourth-order valence-electron chi connectivity index (χ4n) is 2.04. The van der Waals surface area contributed by atoms with E-state index in [1.807, 2.05) is 24.6 Å². The molecule has 2 rings (SSSR count). The zero-order valence-electron chi connectivity index (χ0n) is 10.4. The van der Waals surface area contributed by atoms with Gasteiger partial charge in [-0.2, -0.15) is 0 Å². The number of amides is 1. The Hall–Kier alpha value is -0.620. The zero-order valence-corrected chi connectivity index (χ0v) is 12.1. The second-order valence-corrected chi connectivity index (χ2v) is 5.54. The van der Waals surface area contributed by atoms with Crippen LogP contribution in [0.3, 0.4) is 0 Å². The van der Waals surface area contributed by atoms with Gasteiger partial charge in [0.1, 0.15) is 0 Å². The molecular weight excluding hydrogens is 272 g/mol. The van der Waals surface area contributed by atoms with Crippen molar-refractivity contribution >= 4 is 29.7 Å². The summed E-state index contributed by atoms with van der Waals surface area (Å²) in [5, 5.41) is 2.01. The minimum Gasteiger partial charge on any atom is -0.381 e. The largest absolute Gasteiger partial charge is 0.381 e. The molecule has 0 bridgehead atoms. The first-order valence-electron chi connectivity index (χ1n) is 5.76. The summed E-state index contributed by atoms with van der Waals surface area (Å²) in [7, 11) is 1.81. The molecule has 2 heterocycles. The van der Waals surface area contributed by atoms with Crippen molar-refractivity contribution in [3.05, 3.63) is 22.4 Å². The van der Waals surface area contributed by atoms with Crippen LogP contribution >= 0.6 is 23.7 Å². The first-order valence-corrected chi connectivity index (χ1v) is 6.64. The van der Waals surface area contributed by atoms with Crippen molar-refractivity contribution in [2.75, 3.05) is 20.3 Å². The van der Waals surface area contributed by atoms with E-state index in [0.717, 1.165) is 0 Å². The predicted octanol–water partition coefficient (Wildman–Crippen LogP) is 1.64. The average Bonchev–Trinajstić information content (AvgIpc) is 2.81. The van der Waals surface area contributed by atoms with Crippen molar-refractivity contribution in [1.29, 1.82) is 0 Å². The number of likely N-dealkylation sites (N-methyl/N-ethyl adjacent to an activating group) is 1. The lowest BCUT2D eigenvalue weighted by molar-refractivity contribution is -0.139.